The maximum Gasteiger partial charge on any atom is 0.276 e. The highest BCUT2D eigenvalue weighted by Gasteiger charge is 2.41. The Kier molecular flexibility index (Phi) is 10.1. The van der Waals surface area contributed by atoms with Crippen LogP contribution in [0.3, 0.4) is 0 Å². The van der Waals surface area contributed by atoms with Crippen LogP contribution in [0.5, 0.6) is 11.5 Å². The molecule has 2 amide bonds. The Morgan fingerprint density at radius 3 is 2.23 bits per heavy atom. The Morgan fingerprint density at radius 2 is 1.55 bits per heavy atom. The summed E-state index contributed by atoms with van der Waals surface area (Å²) in [4.78, 5) is 55.5. The molecule has 2 aromatic heterocycles. The number of benzene rings is 2. The van der Waals surface area contributed by atoms with Crippen LogP contribution < -0.4 is 30.8 Å². The van der Waals surface area contributed by atoms with Crippen molar-refractivity contribution >= 4 is 62.3 Å². The van der Waals surface area contributed by atoms with Crippen LogP contribution in [0, 0.1) is 23.5 Å². The van der Waals surface area contributed by atoms with E-state index in [1.165, 1.54) is 32.5 Å². The highest BCUT2D eigenvalue weighted by atomic mass is 79.9. The van der Waals surface area contributed by atoms with E-state index in [2.05, 4.69) is 27.8 Å². The van der Waals surface area contributed by atoms with Crippen molar-refractivity contribution < 1.29 is 27.8 Å². The molecule has 4 aromatic rings. The molecule has 0 saturated heterocycles. The number of fused-ring (bicyclic) bond motifs is 4. The van der Waals surface area contributed by atoms with Crippen molar-refractivity contribution in [1.82, 2.24) is 18.7 Å². The van der Waals surface area contributed by atoms with Gasteiger partial charge in [-0.2, -0.15) is 0 Å². The van der Waals surface area contributed by atoms with Gasteiger partial charge in [-0.15, -0.1) is 0 Å². The first kappa shape index (κ1) is 38.3. The summed E-state index contributed by atoms with van der Waals surface area (Å²) in [5.41, 5.74) is 1.01. The summed E-state index contributed by atoms with van der Waals surface area (Å²) in [7, 11) is 0. The van der Waals surface area contributed by atoms with Crippen molar-refractivity contribution in [1.29, 1.82) is 0 Å². The van der Waals surface area contributed by atoms with Crippen LogP contribution in [-0.4, -0.2) is 55.1 Å². The second-order valence-electron chi connectivity index (χ2n) is 14.8. The van der Waals surface area contributed by atoms with E-state index in [1.54, 1.807) is 16.3 Å². The zero-order valence-electron chi connectivity index (χ0n) is 30.5. The Hall–Kier alpha value is -4.60. The summed E-state index contributed by atoms with van der Waals surface area (Å²) < 4.78 is 49.5. The summed E-state index contributed by atoms with van der Waals surface area (Å²) in [5.74, 6) is -2.67. The van der Waals surface area contributed by atoms with E-state index >= 15 is 8.78 Å². The fourth-order valence-electron chi connectivity index (χ4n) is 8.14. The predicted octanol–water partition coefficient (Wildman–Crippen LogP) is 7.00. The SMILES string of the molecule is C=C(C)CN1C(=O)C(CC2Cn3c(=O)c(-c4cc5c(cc4F)OCC(=O)N5)c(Cl)n3CC2C=C(C)CBr)Oc2cc(F)c(-c3c(Cl)n4n(c3=O)CCCC4)cc21. The molecule has 0 aliphatic carbocycles. The minimum Gasteiger partial charge on any atom is -0.481 e. The van der Waals surface area contributed by atoms with E-state index < -0.39 is 40.7 Å². The van der Waals surface area contributed by atoms with Gasteiger partial charge in [0.25, 0.3) is 22.9 Å². The third-order valence-electron chi connectivity index (χ3n) is 10.8. The molecular weight excluding hydrogens is 837 g/mol. The van der Waals surface area contributed by atoms with Gasteiger partial charge < -0.3 is 19.7 Å². The molecule has 1 N–H and O–H groups in total. The quantitative estimate of drug-likeness (QED) is 0.150. The van der Waals surface area contributed by atoms with Crippen molar-refractivity contribution in [3.8, 4) is 33.8 Å². The molecule has 6 heterocycles. The molecule has 3 atom stereocenters. The Morgan fingerprint density at radius 1 is 0.911 bits per heavy atom. The van der Waals surface area contributed by atoms with Crippen molar-refractivity contribution in [2.45, 2.75) is 65.4 Å². The van der Waals surface area contributed by atoms with Gasteiger partial charge in [-0.1, -0.05) is 62.9 Å². The van der Waals surface area contributed by atoms with Gasteiger partial charge in [0.1, 0.15) is 33.4 Å². The Bertz CT molecular complexity index is 2510. The van der Waals surface area contributed by atoms with Gasteiger partial charge in [-0.25, -0.2) is 18.1 Å². The molecule has 0 saturated carbocycles. The Labute approximate surface area is 337 Å². The second-order valence-corrected chi connectivity index (χ2v) is 16.1. The predicted molar refractivity (Wildman–Crippen MR) is 212 cm³/mol. The summed E-state index contributed by atoms with van der Waals surface area (Å²) in [5, 5.41) is 3.36. The zero-order chi connectivity index (χ0) is 39.7. The number of rotatable bonds is 8. The van der Waals surface area contributed by atoms with E-state index in [-0.39, 0.29) is 99.9 Å². The number of aromatic nitrogens is 4. The molecular formula is C39H37BrCl2F2N6O6. The fourth-order valence-corrected chi connectivity index (χ4v) is 9.03. The number of nitrogens with zero attached hydrogens (tertiary/aromatic N) is 5. The number of alkyl halides is 1. The molecule has 0 bridgehead atoms. The van der Waals surface area contributed by atoms with Crippen molar-refractivity contribution in [2.75, 3.05) is 28.7 Å². The minimum absolute atomic E-state index is 0.0203. The third-order valence-corrected chi connectivity index (χ3v) is 12.4. The number of carbonyl (C=O) groups is 2. The van der Waals surface area contributed by atoms with Gasteiger partial charge in [0.15, 0.2) is 12.7 Å². The van der Waals surface area contributed by atoms with Crippen LogP contribution in [0.15, 0.2) is 57.7 Å². The van der Waals surface area contributed by atoms with Gasteiger partial charge in [0.05, 0.1) is 22.5 Å². The molecule has 2 aromatic carbocycles. The number of hydrogen-bond acceptors (Lipinski definition) is 6. The monoisotopic (exact) mass is 872 g/mol. The second kappa shape index (κ2) is 14.7. The number of hydrogen-bond donors (Lipinski definition) is 1. The molecule has 17 heteroatoms. The van der Waals surface area contributed by atoms with Crippen LogP contribution in [0.25, 0.3) is 22.3 Å². The van der Waals surface area contributed by atoms with Gasteiger partial charge in [0.2, 0.25) is 0 Å². The van der Waals surface area contributed by atoms with Gasteiger partial charge in [0, 0.05) is 67.2 Å². The summed E-state index contributed by atoms with van der Waals surface area (Å²) >= 11 is 17.1. The fraction of sp³-hybridized carbons (Fsp3) is 0.385. The van der Waals surface area contributed by atoms with Crippen molar-refractivity contribution in [3.63, 3.8) is 0 Å². The lowest BCUT2D eigenvalue weighted by atomic mass is 9.84. The molecule has 294 valence electrons. The first-order chi connectivity index (χ1) is 26.7. The van der Waals surface area contributed by atoms with Gasteiger partial charge >= 0.3 is 0 Å². The number of nitrogens with one attached hydrogen (secondary N) is 1. The van der Waals surface area contributed by atoms with Crippen molar-refractivity contribution in [3.05, 3.63) is 90.7 Å². The molecule has 0 fully saturated rings. The van der Waals surface area contributed by atoms with Gasteiger partial charge in [-0.3, -0.25) is 28.5 Å². The standard InChI is InChI=1S/C39H37BrCl2F2N6O6/c1-19(2)15-46-28-11-24(34-35(41)47-6-4-5-7-48(47)38(34)53)26(44)13-30(28)56-31(37(46)52)9-22-17-50-39(54)33(36(42)49(50)16-21(22)8-20(3)14-40)23-10-27-29(12-25(23)43)55-18-32(51)45-27/h8,10-13,21-22,31H,1,4-7,9,14-18H2,2-3H3,(H,45,51). The van der Waals surface area contributed by atoms with E-state index in [1.807, 2.05) is 13.0 Å². The van der Waals surface area contributed by atoms with E-state index in [0.717, 1.165) is 24.5 Å². The average molecular weight is 875 g/mol. The molecule has 8 rings (SSSR count). The zero-order valence-corrected chi connectivity index (χ0v) is 33.6. The lowest BCUT2D eigenvalue weighted by Crippen LogP contribution is -2.49. The molecule has 4 aliphatic heterocycles. The van der Waals surface area contributed by atoms with E-state index in [9.17, 15) is 19.2 Å². The van der Waals surface area contributed by atoms with Crippen LogP contribution in [0.4, 0.5) is 20.2 Å². The highest BCUT2D eigenvalue weighted by molar-refractivity contribution is 9.09. The number of amides is 2. The number of ether oxygens (including phenoxy) is 2. The van der Waals surface area contributed by atoms with E-state index in [0.29, 0.717) is 24.0 Å². The largest absolute Gasteiger partial charge is 0.481 e. The first-order valence-electron chi connectivity index (χ1n) is 18.2. The van der Waals surface area contributed by atoms with Gasteiger partial charge in [-0.05, 0) is 51.2 Å². The summed E-state index contributed by atoms with van der Waals surface area (Å²) in [6.45, 7) is 8.89. The highest BCUT2D eigenvalue weighted by Crippen LogP contribution is 2.44. The normalized spacial score (nSPS) is 20.4. The van der Waals surface area contributed by atoms with Crippen LogP contribution in [0.2, 0.25) is 10.3 Å². The van der Waals surface area contributed by atoms with E-state index in [4.69, 9.17) is 32.7 Å². The lowest BCUT2D eigenvalue weighted by Gasteiger charge is -2.39. The average Bonchev–Trinajstić information content (AvgIpc) is 3.56. The molecule has 0 spiro atoms. The maximum absolute atomic E-state index is 16.1. The first-order valence-corrected chi connectivity index (χ1v) is 20.1. The molecule has 3 unspecified atom stereocenters. The smallest absolute Gasteiger partial charge is 0.276 e. The van der Waals surface area contributed by atoms with Crippen LogP contribution in [-0.2, 0) is 35.8 Å². The summed E-state index contributed by atoms with van der Waals surface area (Å²) in [6, 6.07) is 5.07. The topological polar surface area (TPSA) is 122 Å². The number of allylic oxidation sites excluding steroid dienone is 2. The number of carbonyl (C=O) groups excluding carboxylic acids is 2. The van der Waals surface area contributed by atoms with Crippen LogP contribution >= 0.6 is 39.1 Å². The molecule has 0 radical (unpaired) electrons. The Balaban J connectivity index is 1.16. The molecule has 56 heavy (non-hydrogen) atoms. The minimum atomic E-state index is -1.08. The lowest BCUT2D eigenvalue weighted by molar-refractivity contribution is -0.127. The molecule has 12 nitrogen and oxygen atoms in total. The number of halogens is 5. The summed E-state index contributed by atoms with van der Waals surface area (Å²) in [6.07, 6.45) is 2.73. The number of anilines is 2. The molecule has 4 aliphatic rings. The third kappa shape index (κ3) is 6.50. The maximum atomic E-state index is 16.1. The van der Waals surface area contributed by atoms with Crippen LogP contribution in [0.1, 0.15) is 33.1 Å². The van der Waals surface area contributed by atoms with Crippen molar-refractivity contribution in [2.24, 2.45) is 11.8 Å².